The second-order valence-corrected chi connectivity index (χ2v) is 4.55. The number of hydrogen-bond donors (Lipinski definition) is 3. The van der Waals surface area contributed by atoms with Crippen molar-refractivity contribution in [1.82, 2.24) is 10.6 Å². The van der Waals surface area contributed by atoms with E-state index < -0.39 is 5.60 Å². The van der Waals surface area contributed by atoms with E-state index in [2.05, 4.69) is 17.6 Å². The van der Waals surface area contributed by atoms with Crippen LogP contribution in [0.1, 0.15) is 46.5 Å². The molecular weight excluding hydrogens is 204 g/mol. The molecule has 0 rings (SSSR count). The van der Waals surface area contributed by atoms with Crippen LogP contribution < -0.4 is 10.6 Å². The van der Waals surface area contributed by atoms with Gasteiger partial charge in [0.05, 0.1) is 12.1 Å². The molecule has 4 heteroatoms. The van der Waals surface area contributed by atoms with Gasteiger partial charge < -0.3 is 15.7 Å². The van der Waals surface area contributed by atoms with Gasteiger partial charge in [0.15, 0.2) is 0 Å². The molecule has 0 aromatic rings. The number of nitrogens with one attached hydrogen (secondary N) is 2. The molecule has 16 heavy (non-hydrogen) atoms. The zero-order chi connectivity index (χ0) is 12.4. The molecule has 3 N–H and O–H groups in total. The zero-order valence-corrected chi connectivity index (χ0v) is 10.8. The first-order valence-electron chi connectivity index (χ1n) is 6.21. The Labute approximate surface area is 98.8 Å². The summed E-state index contributed by atoms with van der Waals surface area (Å²) in [4.78, 5) is 11.3. The van der Waals surface area contributed by atoms with E-state index in [4.69, 9.17) is 0 Å². The summed E-state index contributed by atoms with van der Waals surface area (Å²) in [6.45, 7) is 7.39. The monoisotopic (exact) mass is 230 g/mol. The Morgan fingerprint density at radius 3 is 2.56 bits per heavy atom. The van der Waals surface area contributed by atoms with Gasteiger partial charge in [0.25, 0.3) is 0 Å². The number of amides is 1. The summed E-state index contributed by atoms with van der Waals surface area (Å²) in [5.41, 5.74) is -0.710. The Hall–Kier alpha value is -0.610. The van der Waals surface area contributed by atoms with Gasteiger partial charge in [0.1, 0.15) is 0 Å². The zero-order valence-electron chi connectivity index (χ0n) is 10.8. The van der Waals surface area contributed by atoms with Gasteiger partial charge in [0.2, 0.25) is 5.91 Å². The molecule has 0 radical (unpaired) electrons. The van der Waals surface area contributed by atoms with Gasteiger partial charge in [-0.05, 0) is 19.8 Å². The predicted octanol–water partition coefficient (Wildman–Crippen LogP) is 1.04. The first-order chi connectivity index (χ1) is 7.52. The second kappa shape index (κ2) is 8.53. The highest BCUT2D eigenvalue weighted by Crippen LogP contribution is 2.09. The molecule has 96 valence electrons. The minimum atomic E-state index is -0.710. The van der Waals surface area contributed by atoms with Crippen LogP contribution in [0.2, 0.25) is 0 Å². The van der Waals surface area contributed by atoms with Gasteiger partial charge in [-0.2, -0.15) is 0 Å². The van der Waals surface area contributed by atoms with Crippen LogP contribution in [-0.2, 0) is 4.79 Å². The van der Waals surface area contributed by atoms with E-state index in [1.807, 2.05) is 6.92 Å². The molecule has 1 unspecified atom stereocenters. The maximum atomic E-state index is 11.3. The van der Waals surface area contributed by atoms with Crippen LogP contribution in [-0.4, -0.2) is 36.2 Å². The number of hydrogen-bond acceptors (Lipinski definition) is 3. The van der Waals surface area contributed by atoms with Crippen molar-refractivity contribution < 1.29 is 9.90 Å². The average Bonchev–Trinajstić information content (AvgIpc) is 2.17. The van der Waals surface area contributed by atoms with E-state index in [-0.39, 0.29) is 12.5 Å². The van der Waals surface area contributed by atoms with E-state index in [1.54, 1.807) is 6.92 Å². The number of rotatable bonds is 9. The molecule has 0 fully saturated rings. The van der Waals surface area contributed by atoms with Gasteiger partial charge >= 0.3 is 0 Å². The lowest BCUT2D eigenvalue weighted by atomic mass is 10.0. The fourth-order valence-corrected chi connectivity index (χ4v) is 1.54. The molecule has 0 saturated heterocycles. The lowest BCUT2D eigenvalue weighted by molar-refractivity contribution is -0.120. The molecule has 0 spiro atoms. The summed E-state index contributed by atoms with van der Waals surface area (Å²) in [6.07, 6.45) is 3.78. The van der Waals surface area contributed by atoms with Crippen LogP contribution in [0.5, 0.6) is 0 Å². The highest BCUT2D eigenvalue weighted by molar-refractivity contribution is 5.77. The molecule has 0 bridgehead atoms. The molecule has 0 aliphatic carbocycles. The van der Waals surface area contributed by atoms with Crippen molar-refractivity contribution in [2.45, 2.75) is 52.1 Å². The molecule has 0 aliphatic rings. The van der Waals surface area contributed by atoms with Gasteiger partial charge in [-0.3, -0.25) is 4.79 Å². The van der Waals surface area contributed by atoms with Crippen LogP contribution in [0.25, 0.3) is 0 Å². The highest BCUT2D eigenvalue weighted by Gasteiger charge is 2.18. The van der Waals surface area contributed by atoms with E-state index in [0.717, 1.165) is 32.2 Å². The molecule has 0 aliphatic heterocycles. The maximum absolute atomic E-state index is 11.3. The molecule has 0 heterocycles. The van der Waals surface area contributed by atoms with Crippen LogP contribution in [0.3, 0.4) is 0 Å². The molecule has 1 atom stereocenters. The quantitative estimate of drug-likeness (QED) is 0.519. The first-order valence-corrected chi connectivity index (χ1v) is 6.21. The Morgan fingerprint density at radius 1 is 1.31 bits per heavy atom. The van der Waals surface area contributed by atoms with E-state index >= 15 is 0 Å². The third kappa shape index (κ3) is 8.68. The standard InChI is InChI=1S/C12H26N2O2/c1-4-6-8-14-11(15)9-13-10-12(3,16)7-5-2/h13,16H,4-10H2,1-3H3,(H,14,15). The number of carbonyl (C=O) groups is 1. The van der Waals surface area contributed by atoms with Gasteiger partial charge in [0, 0.05) is 13.1 Å². The van der Waals surface area contributed by atoms with Gasteiger partial charge in [-0.15, -0.1) is 0 Å². The molecular formula is C12H26N2O2. The van der Waals surface area contributed by atoms with Crippen molar-refractivity contribution in [3.63, 3.8) is 0 Å². The highest BCUT2D eigenvalue weighted by atomic mass is 16.3. The van der Waals surface area contributed by atoms with E-state index in [0.29, 0.717) is 6.54 Å². The van der Waals surface area contributed by atoms with Crippen molar-refractivity contribution in [3.8, 4) is 0 Å². The van der Waals surface area contributed by atoms with Crippen molar-refractivity contribution >= 4 is 5.91 Å². The fraction of sp³-hybridized carbons (Fsp3) is 0.917. The Balaban J connectivity index is 3.53. The second-order valence-electron chi connectivity index (χ2n) is 4.55. The summed E-state index contributed by atoms with van der Waals surface area (Å²) < 4.78 is 0. The average molecular weight is 230 g/mol. The lowest BCUT2D eigenvalue weighted by Crippen LogP contribution is -2.42. The first kappa shape index (κ1) is 15.4. The Bertz CT molecular complexity index is 193. The number of aliphatic hydroxyl groups is 1. The maximum Gasteiger partial charge on any atom is 0.233 e. The van der Waals surface area contributed by atoms with Crippen LogP contribution in [0.4, 0.5) is 0 Å². The van der Waals surface area contributed by atoms with Crippen LogP contribution in [0, 0.1) is 0 Å². The minimum absolute atomic E-state index is 0.000693. The summed E-state index contributed by atoms with van der Waals surface area (Å²) in [5, 5.41) is 15.6. The summed E-state index contributed by atoms with van der Waals surface area (Å²) in [6, 6.07) is 0. The number of unbranched alkanes of at least 4 members (excludes halogenated alkanes) is 1. The number of carbonyl (C=O) groups excluding carboxylic acids is 1. The third-order valence-electron chi connectivity index (χ3n) is 2.43. The smallest absolute Gasteiger partial charge is 0.233 e. The summed E-state index contributed by atoms with van der Waals surface area (Å²) >= 11 is 0. The van der Waals surface area contributed by atoms with E-state index in [9.17, 15) is 9.90 Å². The van der Waals surface area contributed by atoms with Gasteiger partial charge in [-0.1, -0.05) is 26.7 Å². The minimum Gasteiger partial charge on any atom is -0.389 e. The summed E-state index contributed by atoms with van der Waals surface area (Å²) in [7, 11) is 0. The van der Waals surface area contributed by atoms with Crippen LogP contribution >= 0.6 is 0 Å². The topological polar surface area (TPSA) is 61.4 Å². The Kier molecular flexibility index (Phi) is 8.21. The molecule has 0 aromatic heterocycles. The normalized spacial score (nSPS) is 14.5. The van der Waals surface area contributed by atoms with Crippen molar-refractivity contribution in [1.29, 1.82) is 0 Å². The van der Waals surface area contributed by atoms with Crippen LogP contribution in [0.15, 0.2) is 0 Å². The Morgan fingerprint density at radius 2 is 2.00 bits per heavy atom. The fourth-order valence-electron chi connectivity index (χ4n) is 1.54. The SMILES string of the molecule is CCCCNC(=O)CNCC(C)(O)CCC. The summed E-state index contributed by atoms with van der Waals surface area (Å²) in [5.74, 6) is 0.000693. The van der Waals surface area contributed by atoms with Crippen molar-refractivity contribution in [2.24, 2.45) is 0 Å². The molecule has 0 saturated carbocycles. The van der Waals surface area contributed by atoms with Crippen molar-refractivity contribution in [2.75, 3.05) is 19.6 Å². The molecule has 1 amide bonds. The van der Waals surface area contributed by atoms with Crippen molar-refractivity contribution in [3.05, 3.63) is 0 Å². The molecule has 4 nitrogen and oxygen atoms in total. The molecule has 0 aromatic carbocycles. The predicted molar refractivity (Wildman–Crippen MR) is 66.3 cm³/mol. The van der Waals surface area contributed by atoms with Gasteiger partial charge in [-0.25, -0.2) is 0 Å². The largest absolute Gasteiger partial charge is 0.389 e. The van der Waals surface area contributed by atoms with E-state index in [1.165, 1.54) is 0 Å². The third-order valence-corrected chi connectivity index (χ3v) is 2.43. The lowest BCUT2D eigenvalue weighted by Gasteiger charge is -2.22.